The van der Waals surface area contributed by atoms with E-state index in [1.54, 1.807) is 52.1 Å². The fraction of sp³-hybridized carbons (Fsp3) is 0.391. The Morgan fingerprint density at radius 2 is 1.57 bits per heavy atom. The van der Waals surface area contributed by atoms with Gasteiger partial charge in [0.2, 0.25) is 0 Å². The number of ether oxygens (including phenoxy) is 4. The normalized spacial score (nSPS) is 21.2. The zero-order chi connectivity index (χ0) is 21.9. The summed E-state index contributed by atoms with van der Waals surface area (Å²) < 4.78 is 22.0. The summed E-state index contributed by atoms with van der Waals surface area (Å²) in [7, 11) is 2.87. The summed E-state index contributed by atoms with van der Waals surface area (Å²) in [6.07, 6.45) is -2.42. The maximum atomic E-state index is 13.3. The number of benzene rings is 2. The second-order valence-corrected chi connectivity index (χ2v) is 7.95. The summed E-state index contributed by atoms with van der Waals surface area (Å²) in [5.74, 6) is 0.109. The van der Waals surface area contributed by atoms with Gasteiger partial charge in [0.1, 0.15) is 17.4 Å². The van der Waals surface area contributed by atoms with Crippen LogP contribution in [0, 0.1) is 0 Å². The largest absolute Gasteiger partial charge is 0.497 e. The summed E-state index contributed by atoms with van der Waals surface area (Å²) in [6.45, 7) is 5.37. The van der Waals surface area contributed by atoms with Crippen molar-refractivity contribution in [3.8, 4) is 5.75 Å². The number of rotatable bonds is 4. The Morgan fingerprint density at radius 3 is 2.10 bits per heavy atom. The molecule has 7 heteroatoms. The molecule has 0 radical (unpaired) electrons. The van der Waals surface area contributed by atoms with E-state index >= 15 is 0 Å². The lowest BCUT2D eigenvalue weighted by atomic mass is 10.0. The van der Waals surface area contributed by atoms with E-state index in [9.17, 15) is 9.59 Å². The van der Waals surface area contributed by atoms with E-state index in [1.165, 1.54) is 12.0 Å². The van der Waals surface area contributed by atoms with Crippen LogP contribution < -0.4 is 4.74 Å². The molecule has 1 aliphatic heterocycles. The first-order valence-corrected chi connectivity index (χ1v) is 9.68. The molecule has 0 spiro atoms. The molecule has 1 amide bonds. The minimum absolute atomic E-state index is 0.562. The lowest BCUT2D eigenvalue weighted by Crippen LogP contribution is -2.40. The molecule has 2 aromatic carbocycles. The zero-order valence-electron chi connectivity index (χ0n) is 17.8. The molecule has 0 aliphatic carbocycles. The number of hydrogen-bond acceptors (Lipinski definition) is 6. The third-order valence-corrected chi connectivity index (χ3v) is 4.69. The summed E-state index contributed by atoms with van der Waals surface area (Å²) >= 11 is 0. The summed E-state index contributed by atoms with van der Waals surface area (Å²) in [4.78, 5) is 27.3. The van der Waals surface area contributed by atoms with E-state index in [4.69, 9.17) is 18.9 Å². The van der Waals surface area contributed by atoms with Gasteiger partial charge < -0.3 is 18.9 Å². The molecule has 1 heterocycles. The van der Waals surface area contributed by atoms with E-state index in [0.29, 0.717) is 11.3 Å². The van der Waals surface area contributed by atoms with Gasteiger partial charge in [0.25, 0.3) is 0 Å². The molecule has 3 atom stereocenters. The number of carbonyl (C=O) groups excluding carboxylic acids is 2. The molecule has 1 fully saturated rings. The number of amides is 1. The van der Waals surface area contributed by atoms with Gasteiger partial charge in [-0.2, -0.15) is 0 Å². The number of hydrogen-bond donors (Lipinski definition) is 0. The van der Waals surface area contributed by atoms with Crippen LogP contribution in [0.4, 0.5) is 4.79 Å². The maximum absolute atomic E-state index is 13.3. The van der Waals surface area contributed by atoms with Crippen LogP contribution in [0.3, 0.4) is 0 Å². The summed E-state index contributed by atoms with van der Waals surface area (Å²) in [6, 6.07) is 15.7. The van der Waals surface area contributed by atoms with Crippen molar-refractivity contribution in [2.24, 2.45) is 0 Å². The van der Waals surface area contributed by atoms with Crippen LogP contribution >= 0.6 is 0 Å². The Bertz CT molecular complexity index is 875. The molecule has 0 bridgehead atoms. The first-order valence-electron chi connectivity index (χ1n) is 9.68. The standard InChI is InChI=1S/C23H27NO6/c1-23(2,3)30-22(26)24-18(15-9-7-6-8-10-15)19(21(25)28-5)29-20(24)16-11-13-17(27-4)14-12-16/h6-14,18-20H,1-5H3/t18-,19+,20+/m1/s1. The Balaban J connectivity index is 2.09. The molecule has 2 aromatic rings. The van der Waals surface area contributed by atoms with E-state index < -0.39 is 36.0 Å². The number of carbonyl (C=O) groups is 2. The lowest BCUT2D eigenvalue weighted by Gasteiger charge is -2.31. The average molecular weight is 413 g/mol. The predicted octanol–water partition coefficient (Wildman–Crippen LogP) is 4.24. The van der Waals surface area contributed by atoms with Gasteiger partial charge in [-0.25, -0.2) is 9.59 Å². The number of nitrogens with zero attached hydrogens (tertiary/aromatic N) is 1. The van der Waals surface area contributed by atoms with Crippen LogP contribution in [0.25, 0.3) is 0 Å². The van der Waals surface area contributed by atoms with Crippen molar-refractivity contribution >= 4 is 12.1 Å². The zero-order valence-corrected chi connectivity index (χ0v) is 17.8. The molecule has 0 saturated carbocycles. The number of esters is 1. The van der Waals surface area contributed by atoms with Crippen molar-refractivity contribution in [2.45, 2.75) is 44.7 Å². The average Bonchev–Trinajstić information content (AvgIpc) is 3.13. The van der Waals surface area contributed by atoms with Crippen LogP contribution in [0.1, 0.15) is 44.2 Å². The number of methoxy groups -OCH3 is 2. The van der Waals surface area contributed by atoms with Crippen LogP contribution in [-0.2, 0) is 19.0 Å². The van der Waals surface area contributed by atoms with Crippen molar-refractivity contribution in [1.29, 1.82) is 0 Å². The fourth-order valence-corrected chi connectivity index (χ4v) is 3.39. The Hall–Kier alpha value is -3.06. The highest BCUT2D eigenvalue weighted by Gasteiger charge is 2.51. The molecular weight excluding hydrogens is 386 g/mol. The predicted molar refractivity (Wildman–Crippen MR) is 110 cm³/mol. The lowest BCUT2D eigenvalue weighted by molar-refractivity contribution is -0.154. The molecule has 160 valence electrons. The molecule has 0 aromatic heterocycles. The molecule has 30 heavy (non-hydrogen) atoms. The summed E-state index contributed by atoms with van der Waals surface area (Å²) in [5.41, 5.74) is 0.718. The van der Waals surface area contributed by atoms with Gasteiger partial charge in [-0.1, -0.05) is 42.5 Å². The third-order valence-electron chi connectivity index (χ3n) is 4.69. The van der Waals surface area contributed by atoms with Crippen molar-refractivity contribution < 1.29 is 28.5 Å². The SMILES string of the molecule is COC(=O)[C@H]1O[C@@H](c2ccc(OC)cc2)N(C(=O)OC(C)(C)C)[C@@H]1c1ccccc1. The first kappa shape index (κ1) is 21.6. The van der Waals surface area contributed by atoms with Gasteiger partial charge in [0.15, 0.2) is 12.3 Å². The van der Waals surface area contributed by atoms with Crippen molar-refractivity contribution in [2.75, 3.05) is 14.2 Å². The Morgan fingerprint density at radius 1 is 0.933 bits per heavy atom. The van der Waals surface area contributed by atoms with Crippen molar-refractivity contribution in [3.63, 3.8) is 0 Å². The van der Waals surface area contributed by atoms with Gasteiger partial charge in [-0.15, -0.1) is 0 Å². The Labute approximate surface area is 176 Å². The molecule has 1 aliphatic rings. The van der Waals surface area contributed by atoms with Crippen molar-refractivity contribution in [3.05, 3.63) is 65.7 Å². The molecule has 3 rings (SSSR count). The highest BCUT2D eigenvalue weighted by atomic mass is 16.6. The van der Waals surface area contributed by atoms with Gasteiger partial charge in [0.05, 0.1) is 14.2 Å². The highest BCUT2D eigenvalue weighted by Crippen LogP contribution is 2.44. The molecule has 7 nitrogen and oxygen atoms in total. The van der Waals surface area contributed by atoms with E-state index in [1.807, 2.05) is 30.3 Å². The van der Waals surface area contributed by atoms with Crippen molar-refractivity contribution in [1.82, 2.24) is 4.90 Å². The van der Waals surface area contributed by atoms with Gasteiger partial charge >= 0.3 is 12.1 Å². The highest BCUT2D eigenvalue weighted by molar-refractivity contribution is 5.79. The monoisotopic (exact) mass is 413 g/mol. The van der Waals surface area contributed by atoms with Gasteiger partial charge in [-0.05, 0) is 38.5 Å². The third kappa shape index (κ3) is 4.57. The first-order chi connectivity index (χ1) is 14.2. The summed E-state index contributed by atoms with van der Waals surface area (Å²) in [5, 5.41) is 0. The van der Waals surface area contributed by atoms with Crippen LogP contribution in [0.2, 0.25) is 0 Å². The smallest absolute Gasteiger partial charge is 0.413 e. The van der Waals surface area contributed by atoms with Gasteiger partial charge in [0, 0.05) is 5.56 Å². The topological polar surface area (TPSA) is 74.3 Å². The van der Waals surface area contributed by atoms with Crippen LogP contribution in [0.15, 0.2) is 54.6 Å². The van der Waals surface area contributed by atoms with E-state index in [0.717, 1.165) is 5.56 Å². The Kier molecular flexibility index (Phi) is 6.31. The van der Waals surface area contributed by atoms with Gasteiger partial charge in [-0.3, -0.25) is 4.90 Å². The van der Waals surface area contributed by atoms with Crippen LogP contribution in [0.5, 0.6) is 5.75 Å². The quantitative estimate of drug-likeness (QED) is 0.698. The molecule has 0 unspecified atom stereocenters. The molecule has 0 N–H and O–H groups in total. The second-order valence-electron chi connectivity index (χ2n) is 7.95. The van der Waals surface area contributed by atoms with Crippen LogP contribution in [-0.4, -0.2) is 42.9 Å². The second kappa shape index (κ2) is 8.75. The minimum atomic E-state index is -1.00. The fourth-order valence-electron chi connectivity index (χ4n) is 3.39. The minimum Gasteiger partial charge on any atom is -0.497 e. The molecule has 1 saturated heterocycles. The maximum Gasteiger partial charge on any atom is 0.413 e. The molecular formula is C23H27NO6. The van der Waals surface area contributed by atoms with E-state index in [2.05, 4.69) is 0 Å². The van der Waals surface area contributed by atoms with E-state index in [-0.39, 0.29) is 0 Å².